The van der Waals surface area contributed by atoms with Crippen molar-refractivity contribution in [3.8, 4) is 17.0 Å². The molecule has 0 saturated carbocycles. The van der Waals surface area contributed by atoms with Gasteiger partial charge in [0.25, 0.3) is 0 Å². The quantitative estimate of drug-likeness (QED) is 0.268. The SMILES string of the molecule is C=C/C=C\C(=C/COC)Cn1cncc1CC(=O)N1C/C=C\C=C(\CF)C(C)Cn2cc(-c3ccccc3OC)nc2C1. The van der Waals surface area contributed by atoms with E-state index in [0.29, 0.717) is 44.1 Å². The number of halogens is 1. The van der Waals surface area contributed by atoms with E-state index in [4.69, 9.17) is 14.5 Å². The molecule has 1 atom stereocenters. The third kappa shape index (κ3) is 8.29. The van der Waals surface area contributed by atoms with Gasteiger partial charge < -0.3 is 23.5 Å². The topological polar surface area (TPSA) is 74.4 Å². The lowest BCUT2D eigenvalue weighted by atomic mass is 10.0. The Balaban J connectivity index is 1.64. The predicted molar refractivity (Wildman–Crippen MR) is 167 cm³/mol. The maximum atomic E-state index is 14.0. The van der Waals surface area contributed by atoms with E-state index in [2.05, 4.69) is 11.6 Å². The van der Waals surface area contributed by atoms with E-state index >= 15 is 0 Å². The number of nitrogens with zero attached hydrogens (tertiary/aromatic N) is 5. The summed E-state index contributed by atoms with van der Waals surface area (Å²) in [6.07, 6.45) is 18.7. The highest BCUT2D eigenvalue weighted by atomic mass is 19.1. The maximum absolute atomic E-state index is 14.0. The number of imidazole rings is 2. The van der Waals surface area contributed by atoms with Crippen molar-refractivity contribution in [1.82, 2.24) is 24.0 Å². The molecule has 0 saturated heterocycles. The van der Waals surface area contributed by atoms with Crippen LogP contribution in [0.15, 0.2) is 103 Å². The molecule has 0 fully saturated rings. The van der Waals surface area contributed by atoms with Crippen molar-refractivity contribution in [3.05, 3.63) is 115 Å². The lowest BCUT2D eigenvalue weighted by molar-refractivity contribution is -0.130. The number of fused-ring (bicyclic) bond motifs is 1. The molecule has 0 N–H and O–H groups in total. The number of amides is 1. The fourth-order valence-electron chi connectivity index (χ4n) is 4.95. The number of methoxy groups -OCH3 is 2. The first-order valence-electron chi connectivity index (χ1n) is 14.3. The molecule has 0 bridgehead atoms. The number of para-hydroxylation sites is 1. The summed E-state index contributed by atoms with van der Waals surface area (Å²) in [5.41, 5.74) is 4.11. The average molecular weight is 586 g/mol. The fourth-order valence-corrected chi connectivity index (χ4v) is 4.95. The molecule has 0 spiro atoms. The zero-order chi connectivity index (χ0) is 30.6. The van der Waals surface area contributed by atoms with Gasteiger partial charge in [-0.05, 0) is 29.2 Å². The molecule has 3 heterocycles. The molecule has 3 aromatic rings. The van der Waals surface area contributed by atoms with Crippen molar-refractivity contribution in [2.75, 3.05) is 34.0 Å². The number of carbonyl (C=O) groups is 1. The van der Waals surface area contributed by atoms with Gasteiger partial charge in [-0.1, -0.05) is 68.2 Å². The van der Waals surface area contributed by atoms with Crippen LogP contribution in [0.2, 0.25) is 0 Å². The highest BCUT2D eigenvalue weighted by Crippen LogP contribution is 2.30. The van der Waals surface area contributed by atoms with Gasteiger partial charge in [0.1, 0.15) is 18.2 Å². The highest BCUT2D eigenvalue weighted by molar-refractivity contribution is 5.78. The minimum absolute atomic E-state index is 0.0554. The second kappa shape index (κ2) is 15.7. The predicted octanol–water partition coefficient (Wildman–Crippen LogP) is 5.74. The van der Waals surface area contributed by atoms with Crippen LogP contribution in [0.1, 0.15) is 18.4 Å². The monoisotopic (exact) mass is 585 g/mol. The third-order valence-corrected chi connectivity index (χ3v) is 7.40. The normalized spacial score (nSPS) is 18.0. The smallest absolute Gasteiger partial charge is 0.229 e. The van der Waals surface area contributed by atoms with Gasteiger partial charge in [-0.3, -0.25) is 4.79 Å². The lowest BCUT2D eigenvalue weighted by Crippen LogP contribution is -2.33. The van der Waals surface area contributed by atoms with E-state index in [-0.39, 0.29) is 18.2 Å². The number of rotatable bonds is 11. The Kier molecular flexibility index (Phi) is 11.4. The Labute approximate surface area is 253 Å². The van der Waals surface area contributed by atoms with Crippen molar-refractivity contribution in [3.63, 3.8) is 0 Å². The summed E-state index contributed by atoms with van der Waals surface area (Å²) < 4.78 is 28.8. The van der Waals surface area contributed by atoms with Crippen molar-refractivity contribution < 1.29 is 18.7 Å². The number of aromatic nitrogens is 4. The number of hydrogen-bond donors (Lipinski definition) is 0. The Morgan fingerprint density at radius 2 is 2.09 bits per heavy atom. The second-order valence-corrected chi connectivity index (χ2v) is 10.4. The largest absolute Gasteiger partial charge is 0.496 e. The Bertz CT molecular complexity index is 1510. The van der Waals surface area contributed by atoms with Gasteiger partial charge in [-0.15, -0.1) is 0 Å². The summed E-state index contributed by atoms with van der Waals surface area (Å²) in [7, 11) is 3.28. The number of allylic oxidation sites excluding steroid dienone is 7. The number of carbonyl (C=O) groups excluding carboxylic acids is 1. The van der Waals surface area contributed by atoms with Gasteiger partial charge in [-0.25, -0.2) is 14.4 Å². The fraction of sp³-hybridized carbons (Fsp3) is 0.324. The minimum Gasteiger partial charge on any atom is -0.496 e. The number of ether oxygens (including phenoxy) is 2. The summed E-state index contributed by atoms with van der Waals surface area (Å²) in [6.45, 7) is 7.42. The number of hydrogen-bond acceptors (Lipinski definition) is 5. The summed E-state index contributed by atoms with van der Waals surface area (Å²) in [5, 5.41) is 0. The molecule has 0 radical (unpaired) electrons. The first-order valence-corrected chi connectivity index (χ1v) is 14.3. The van der Waals surface area contributed by atoms with Crippen LogP contribution in [0.4, 0.5) is 4.39 Å². The number of benzene rings is 1. The first-order chi connectivity index (χ1) is 21.0. The molecule has 1 unspecified atom stereocenters. The van der Waals surface area contributed by atoms with Crippen LogP contribution in [0.3, 0.4) is 0 Å². The average Bonchev–Trinajstić information content (AvgIpc) is 3.62. The molecule has 1 amide bonds. The summed E-state index contributed by atoms with van der Waals surface area (Å²) in [4.78, 5) is 24.9. The standard InChI is InChI=1S/C34H40FN5O3/c1-5-6-11-27(15-17-42-3)22-40-25-36-20-29(40)18-34(41)38-16-10-9-12-28(19-35)26(2)21-39-23-31(37-33(39)24-38)30-13-7-8-14-32(30)43-4/h5-15,20,23,25-26H,1,16-19,21-22,24H2,2-4H3/b10-9-,11-6-,27-15+,28-12-. The zero-order valence-corrected chi connectivity index (χ0v) is 25.2. The minimum atomic E-state index is -0.537. The van der Waals surface area contributed by atoms with E-state index in [9.17, 15) is 9.18 Å². The molecule has 1 aliphatic rings. The van der Waals surface area contributed by atoms with Crippen molar-refractivity contribution in [2.24, 2.45) is 5.92 Å². The van der Waals surface area contributed by atoms with Crippen LogP contribution >= 0.6 is 0 Å². The maximum Gasteiger partial charge on any atom is 0.229 e. The van der Waals surface area contributed by atoms with E-state index in [0.717, 1.165) is 28.3 Å². The Morgan fingerprint density at radius 1 is 1.26 bits per heavy atom. The molecule has 0 aliphatic carbocycles. The van der Waals surface area contributed by atoms with Gasteiger partial charge >= 0.3 is 0 Å². The molecule has 8 nitrogen and oxygen atoms in total. The van der Waals surface area contributed by atoms with E-state index in [1.54, 1.807) is 37.7 Å². The van der Waals surface area contributed by atoms with Crippen LogP contribution in [0.25, 0.3) is 11.3 Å². The summed E-state index contributed by atoms with van der Waals surface area (Å²) >= 11 is 0. The van der Waals surface area contributed by atoms with Crippen LogP contribution in [0, 0.1) is 5.92 Å². The molecule has 4 rings (SSSR count). The molecule has 43 heavy (non-hydrogen) atoms. The van der Waals surface area contributed by atoms with Gasteiger partial charge in [0.15, 0.2) is 0 Å². The van der Waals surface area contributed by atoms with Crippen LogP contribution in [-0.4, -0.2) is 64.0 Å². The van der Waals surface area contributed by atoms with E-state index < -0.39 is 6.67 Å². The highest BCUT2D eigenvalue weighted by Gasteiger charge is 2.22. The molecule has 2 aromatic heterocycles. The van der Waals surface area contributed by atoms with Crippen LogP contribution in [0.5, 0.6) is 5.75 Å². The Hall–Kier alpha value is -4.50. The van der Waals surface area contributed by atoms with Gasteiger partial charge in [0.05, 0.1) is 38.7 Å². The van der Waals surface area contributed by atoms with Gasteiger partial charge in [0, 0.05) is 50.4 Å². The number of alkyl halides is 1. The Morgan fingerprint density at radius 3 is 2.86 bits per heavy atom. The molecular weight excluding hydrogens is 545 g/mol. The summed E-state index contributed by atoms with van der Waals surface area (Å²) in [5.74, 6) is 1.32. The third-order valence-electron chi connectivity index (χ3n) is 7.40. The first kappa shape index (κ1) is 31.4. The lowest BCUT2D eigenvalue weighted by Gasteiger charge is -2.22. The zero-order valence-electron chi connectivity index (χ0n) is 25.2. The molecule has 226 valence electrons. The second-order valence-electron chi connectivity index (χ2n) is 10.4. The molecule has 1 aliphatic heterocycles. The van der Waals surface area contributed by atoms with Gasteiger partial charge in [0.2, 0.25) is 5.91 Å². The van der Waals surface area contributed by atoms with Crippen molar-refractivity contribution in [2.45, 2.75) is 33.0 Å². The van der Waals surface area contributed by atoms with Crippen LogP contribution in [-0.2, 0) is 35.6 Å². The van der Waals surface area contributed by atoms with E-state index in [1.807, 2.05) is 83.0 Å². The molecule has 1 aromatic carbocycles. The van der Waals surface area contributed by atoms with Crippen LogP contribution < -0.4 is 4.74 Å². The van der Waals surface area contributed by atoms with E-state index in [1.165, 1.54) is 0 Å². The van der Waals surface area contributed by atoms with Crippen molar-refractivity contribution >= 4 is 5.91 Å². The molecule has 9 heteroatoms. The molecular formula is C34H40FN5O3. The van der Waals surface area contributed by atoms with Crippen molar-refractivity contribution in [1.29, 1.82) is 0 Å². The van der Waals surface area contributed by atoms with Gasteiger partial charge in [-0.2, -0.15) is 0 Å². The summed E-state index contributed by atoms with van der Waals surface area (Å²) in [6, 6.07) is 7.71.